The van der Waals surface area contributed by atoms with Crippen LogP contribution in [0.1, 0.15) is 78.2 Å². The van der Waals surface area contributed by atoms with Gasteiger partial charge in [0.15, 0.2) is 6.23 Å². The van der Waals surface area contributed by atoms with Crippen molar-refractivity contribution >= 4 is 51.3 Å². The molecule has 15 nitrogen and oxygen atoms in total. The van der Waals surface area contributed by atoms with Gasteiger partial charge >= 0.3 is 12.2 Å². The summed E-state index contributed by atoms with van der Waals surface area (Å²) in [5.74, 6) is -0.715. The fourth-order valence-corrected chi connectivity index (χ4v) is 6.66. The van der Waals surface area contributed by atoms with Crippen molar-refractivity contribution in [2.45, 2.75) is 103 Å². The van der Waals surface area contributed by atoms with Crippen molar-refractivity contribution in [2.75, 3.05) is 17.2 Å². The first-order chi connectivity index (χ1) is 29.5. The topological polar surface area (TPSA) is 188 Å². The van der Waals surface area contributed by atoms with E-state index in [0.717, 1.165) is 46.1 Å². The molecule has 0 bridgehead atoms. The number of rotatable bonds is 12. The first-order valence-corrected chi connectivity index (χ1v) is 21.2. The van der Waals surface area contributed by atoms with Crippen LogP contribution in [0.25, 0.3) is 11.3 Å². The van der Waals surface area contributed by atoms with Crippen molar-refractivity contribution in [3.63, 3.8) is 0 Å². The molecule has 4 heterocycles. The third-order valence-corrected chi connectivity index (χ3v) is 9.39. The SMILES string of the molecule is CC(C)(C)OC(=O)N[C@@H](Cc1ccccc1)C(=O)Nc1cncc(-c2ccnn2C2CCCCO2)c1.CC(C)(C)OC(=O)N[C@@H](Cc1ccccc1)C(=O)Nc1cncc(Br)c1. The van der Waals surface area contributed by atoms with E-state index in [2.05, 4.69) is 52.3 Å². The number of aromatic nitrogens is 4. The van der Waals surface area contributed by atoms with Gasteiger partial charge in [0.05, 0.1) is 29.5 Å². The Hall–Kier alpha value is -6.13. The van der Waals surface area contributed by atoms with Crippen LogP contribution < -0.4 is 21.3 Å². The fourth-order valence-electron chi connectivity index (χ4n) is 6.29. The number of ether oxygens (including phenoxy) is 3. The lowest BCUT2D eigenvalue weighted by Gasteiger charge is -2.24. The molecule has 6 rings (SSSR count). The molecular formula is C46H55BrN8O7. The summed E-state index contributed by atoms with van der Waals surface area (Å²) in [5.41, 5.74) is 3.23. The Morgan fingerprint density at radius 3 is 1.73 bits per heavy atom. The van der Waals surface area contributed by atoms with Gasteiger partial charge in [-0.1, -0.05) is 60.7 Å². The quantitative estimate of drug-likeness (QED) is 0.0944. The van der Waals surface area contributed by atoms with E-state index in [-0.39, 0.29) is 18.0 Å². The van der Waals surface area contributed by atoms with Crippen molar-refractivity contribution in [2.24, 2.45) is 0 Å². The van der Waals surface area contributed by atoms with Gasteiger partial charge in [0.2, 0.25) is 11.8 Å². The average molecular weight is 912 g/mol. The van der Waals surface area contributed by atoms with Crippen LogP contribution in [0.5, 0.6) is 0 Å². The predicted octanol–water partition coefficient (Wildman–Crippen LogP) is 8.64. The van der Waals surface area contributed by atoms with Crippen LogP contribution in [0.15, 0.2) is 114 Å². The molecule has 1 saturated heterocycles. The van der Waals surface area contributed by atoms with Crippen molar-refractivity contribution in [3.8, 4) is 11.3 Å². The normalized spacial score (nSPS) is 14.8. The monoisotopic (exact) mass is 910 g/mol. The Labute approximate surface area is 370 Å². The van der Waals surface area contributed by atoms with Crippen LogP contribution in [0.2, 0.25) is 0 Å². The van der Waals surface area contributed by atoms with Crippen LogP contribution >= 0.6 is 15.9 Å². The lowest BCUT2D eigenvalue weighted by atomic mass is 10.1. The zero-order valence-corrected chi connectivity index (χ0v) is 37.5. The van der Waals surface area contributed by atoms with Gasteiger partial charge in [-0.3, -0.25) is 19.6 Å². The minimum Gasteiger partial charge on any atom is -0.444 e. The molecule has 1 aliphatic heterocycles. The minimum absolute atomic E-state index is 0.115. The van der Waals surface area contributed by atoms with Gasteiger partial charge in [-0.05, 0) is 106 Å². The minimum atomic E-state index is -0.841. The number of hydrogen-bond donors (Lipinski definition) is 4. The van der Waals surface area contributed by atoms with E-state index in [9.17, 15) is 19.2 Å². The number of hydrogen-bond acceptors (Lipinski definition) is 10. The molecule has 4 N–H and O–H groups in total. The van der Waals surface area contributed by atoms with Crippen LogP contribution in [0.4, 0.5) is 21.0 Å². The maximum atomic E-state index is 13.3. The molecule has 2 aromatic carbocycles. The summed E-state index contributed by atoms with van der Waals surface area (Å²) in [5, 5.41) is 15.5. The number of anilines is 2. The second-order valence-electron chi connectivity index (χ2n) is 16.6. The first-order valence-electron chi connectivity index (χ1n) is 20.4. The highest BCUT2D eigenvalue weighted by atomic mass is 79.9. The van der Waals surface area contributed by atoms with E-state index in [0.29, 0.717) is 30.8 Å². The maximum Gasteiger partial charge on any atom is 0.408 e. The Kier molecular flexibility index (Phi) is 16.7. The number of nitrogens with one attached hydrogen (secondary N) is 4. The zero-order valence-electron chi connectivity index (χ0n) is 35.9. The van der Waals surface area contributed by atoms with Crippen molar-refractivity contribution in [3.05, 3.63) is 125 Å². The number of halogens is 1. The number of alkyl carbamates (subject to hydrolysis) is 2. The van der Waals surface area contributed by atoms with Crippen LogP contribution in [-0.4, -0.2) is 73.6 Å². The second-order valence-corrected chi connectivity index (χ2v) is 17.5. The molecular weight excluding hydrogens is 856 g/mol. The highest BCUT2D eigenvalue weighted by Crippen LogP contribution is 2.29. The Balaban J connectivity index is 0.000000247. The van der Waals surface area contributed by atoms with Crippen LogP contribution in [0, 0.1) is 0 Å². The average Bonchev–Trinajstić information content (AvgIpc) is 3.71. The molecule has 5 aromatic rings. The molecule has 3 aromatic heterocycles. The van der Waals surface area contributed by atoms with E-state index in [1.54, 1.807) is 72.4 Å². The third kappa shape index (κ3) is 15.7. The van der Waals surface area contributed by atoms with Crippen molar-refractivity contribution in [1.29, 1.82) is 0 Å². The molecule has 328 valence electrons. The summed E-state index contributed by atoms with van der Waals surface area (Å²) in [6.07, 6.45) is 10.5. The molecule has 16 heteroatoms. The van der Waals surface area contributed by atoms with Gasteiger partial charge in [0.25, 0.3) is 0 Å². The molecule has 0 aliphatic carbocycles. The highest BCUT2D eigenvalue weighted by Gasteiger charge is 2.27. The van der Waals surface area contributed by atoms with E-state index in [1.807, 2.05) is 77.5 Å². The smallest absolute Gasteiger partial charge is 0.408 e. The number of nitrogens with zero attached hydrogens (tertiary/aromatic N) is 4. The van der Waals surface area contributed by atoms with Gasteiger partial charge < -0.3 is 35.5 Å². The Bertz CT molecular complexity index is 2240. The largest absolute Gasteiger partial charge is 0.444 e. The second kappa shape index (κ2) is 22.1. The van der Waals surface area contributed by atoms with E-state index in [4.69, 9.17) is 14.2 Å². The first kappa shape index (κ1) is 46.9. The number of pyridine rings is 2. The fraction of sp³-hybridized carbons (Fsp3) is 0.370. The summed E-state index contributed by atoms with van der Waals surface area (Å²) >= 11 is 3.31. The molecule has 3 atom stereocenters. The molecule has 62 heavy (non-hydrogen) atoms. The van der Waals surface area contributed by atoms with E-state index >= 15 is 0 Å². The summed E-state index contributed by atoms with van der Waals surface area (Å²) in [7, 11) is 0. The highest BCUT2D eigenvalue weighted by molar-refractivity contribution is 9.10. The summed E-state index contributed by atoms with van der Waals surface area (Å²) < 4.78 is 19.2. The zero-order chi connectivity index (χ0) is 44.7. The van der Waals surface area contributed by atoms with Gasteiger partial charge in [-0.25, -0.2) is 14.3 Å². The summed E-state index contributed by atoms with van der Waals surface area (Å²) in [6.45, 7) is 11.4. The standard InChI is InChI=1S/C27H33N5O4.C19H22BrN3O3/c1-27(2,3)36-26(34)31-22(15-19-9-5-4-6-10-19)25(33)30-21-16-20(17-28-18-21)23-12-13-29-32(23)24-11-7-8-14-35-24;1-19(2,3)26-18(25)23-16(9-13-7-5-4-6-8-13)17(24)22-15-10-14(20)11-21-12-15/h4-6,9-10,12-13,16-18,22,24H,7-8,11,14-15H2,1-3H3,(H,30,33)(H,31,34);4-8,10-12,16H,9H2,1-3H3,(H,22,24)(H,23,25)/t22-,24?;16-/m00/s1. The Morgan fingerprint density at radius 1 is 0.726 bits per heavy atom. The van der Waals surface area contributed by atoms with Gasteiger partial charge in [0.1, 0.15) is 23.3 Å². The van der Waals surface area contributed by atoms with Gasteiger partial charge in [-0.2, -0.15) is 5.10 Å². The van der Waals surface area contributed by atoms with Crippen LogP contribution in [-0.2, 0) is 36.6 Å². The number of carbonyl (C=O) groups excluding carboxylic acids is 4. The maximum absolute atomic E-state index is 13.3. The molecule has 4 amide bonds. The van der Waals surface area contributed by atoms with Gasteiger partial charge in [-0.15, -0.1) is 0 Å². The Morgan fingerprint density at radius 2 is 1.24 bits per heavy atom. The molecule has 1 aliphatic rings. The number of carbonyl (C=O) groups is 4. The van der Waals surface area contributed by atoms with Crippen molar-refractivity contribution < 1.29 is 33.4 Å². The molecule has 0 spiro atoms. The molecule has 0 saturated carbocycles. The lowest BCUT2D eigenvalue weighted by molar-refractivity contribution is -0.118. The van der Waals surface area contributed by atoms with E-state index in [1.165, 1.54) is 6.20 Å². The number of benzene rings is 2. The molecule has 1 unspecified atom stereocenters. The van der Waals surface area contributed by atoms with E-state index < -0.39 is 35.5 Å². The van der Waals surface area contributed by atoms with Gasteiger partial charge in [0, 0.05) is 48.1 Å². The number of amides is 4. The van der Waals surface area contributed by atoms with Crippen molar-refractivity contribution in [1.82, 2.24) is 30.4 Å². The summed E-state index contributed by atoms with van der Waals surface area (Å²) in [4.78, 5) is 58.9. The third-order valence-electron chi connectivity index (χ3n) is 8.95. The molecule has 1 fully saturated rings. The lowest BCUT2D eigenvalue weighted by Crippen LogP contribution is -2.47. The predicted molar refractivity (Wildman–Crippen MR) is 240 cm³/mol. The summed E-state index contributed by atoms with van der Waals surface area (Å²) in [6, 6.07) is 22.8. The molecule has 0 radical (unpaired) electrons. The van der Waals surface area contributed by atoms with Crippen LogP contribution in [0.3, 0.4) is 0 Å².